The molecule has 1 saturated carbocycles. The number of benzene rings is 2. The molecule has 0 amide bonds. The van der Waals surface area contributed by atoms with Gasteiger partial charge >= 0.3 is 0 Å². The molecule has 0 atom stereocenters. The summed E-state index contributed by atoms with van der Waals surface area (Å²) < 4.78 is 0. The Morgan fingerprint density at radius 2 is 1.50 bits per heavy atom. The summed E-state index contributed by atoms with van der Waals surface area (Å²) in [7, 11) is 0. The smallest absolute Gasteiger partial charge is 0.0429 e. The lowest BCUT2D eigenvalue weighted by Crippen LogP contribution is -2.09. The molecule has 0 aromatic heterocycles. The van der Waals surface area contributed by atoms with Crippen molar-refractivity contribution in [1.82, 2.24) is 0 Å². The fourth-order valence-corrected chi connectivity index (χ4v) is 2.90. The fraction of sp³-hybridized carbons (Fsp3) is 0.200. The zero-order valence-corrected chi connectivity index (χ0v) is 11.3. The highest BCUT2D eigenvalue weighted by atomic mass is 35.5. The average molecular weight is 278 g/mol. The van der Waals surface area contributed by atoms with Crippen LogP contribution in [0.25, 0.3) is 0 Å². The van der Waals surface area contributed by atoms with E-state index >= 15 is 0 Å². The molecule has 3 rings (SSSR count). The van der Waals surface area contributed by atoms with Crippen LogP contribution in [0.4, 0.5) is 5.69 Å². The maximum absolute atomic E-state index is 6.10. The van der Waals surface area contributed by atoms with E-state index in [1.807, 2.05) is 24.3 Å². The summed E-state index contributed by atoms with van der Waals surface area (Å²) >= 11 is 12.0. The van der Waals surface area contributed by atoms with Crippen molar-refractivity contribution in [2.24, 2.45) is 0 Å². The second-order valence-corrected chi connectivity index (χ2v) is 5.74. The van der Waals surface area contributed by atoms with E-state index in [2.05, 4.69) is 12.1 Å². The molecule has 2 N–H and O–H groups in total. The van der Waals surface area contributed by atoms with Gasteiger partial charge in [-0.1, -0.05) is 35.3 Å². The Morgan fingerprint density at radius 1 is 0.833 bits per heavy atom. The van der Waals surface area contributed by atoms with Crippen molar-refractivity contribution >= 4 is 28.9 Å². The lowest BCUT2D eigenvalue weighted by molar-refractivity contribution is 0.848. The zero-order valence-electron chi connectivity index (χ0n) is 9.79. The molecule has 3 heteroatoms. The first kappa shape index (κ1) is 11.9. The molecule has 0 aliphatic heterocycles. The number of halogens is 2. The summed E-state index contributed by atoms with van der Waals surface area (Å²) in [5.41, 5.74) is 9.18. The minimum Gasteiger partial charge on any atom is -0.399 e. The van der Waals surface area contributed by atoms with Gasteiger partial charge in [0, 0.05) is 21.1 Å². The topological polar surface area (TPSA) is 26.0 Å². The van der Waals surface area contributed by atoms with Gasteiger partial charge in [0.15, 0.2) is 0 Å². The monoisotopic (exact) mass is 277 g/mol. The number of nitrogens with two attached hydrogens (primary N) is 1. The molecule has 2 aromatic carbocycles. The molecular formula is C15H13Cl2N. The number of hydrogen-bond acceptors (Lipinski definition) is 1. The zero-order chi connectivity index (χ0) is 12.8. The first-order valence-corrected chi connectivity index (χ1v) is 6.68. The Kier molecular flexibility index (Phi) is 2.76. The summed E-state index contributed by atoms with van der Waals surface area (Å²) in [5, 5.41) is 1.46. The minimum absolute atomic E-state index is 0.0869. The molecule has 0 radical (unpaired) electrons. The van der Waals surface area contributed by atoms with E-state index in [-0.39, 0.29) is 5.41 Å². The summed E-state index contributed by atoms with van der Waals surface area (Å²) in [5.74, 6) is 0. The molecule has 1 nitrogen and oxygen atoms in total. The lowest BCUT2D eigenvalue weighted by Gasteiger charge is -2.17. The van der Waals surface area contributed by atoms with Crippen molar-refractivity contribution < 1.29 is 0 Å². The van der Waals surface area contributed by atoms with Gasteiger partial charge in [-0.2, -0.15) is 0 Å². The predicted molar refractivity (Wildman–Crippen MR) is 77.3 cm³/mol. The molecule has 0 spiro atoms. The maximum atomic E-state index is 6.10. The Balaban J connectivity index is 2.07. The van der Waals surface area contributed by atoms with Crippen LogP contribution in [-0.4, -0.2) is 0 Å². The van der Waals surface area contributed by atoms with Gasteiger partial charge in [0.2, 0.25) is 0 Å². The lowest BCUT2D eigenvalue weighted by atomic mass is 9.88. The van der Waals surface area contributed by atoms with Crippen LogP contribution in [0.1, 0.15) is 24.0 Å². The highest BCUT2D eigenvalue weighted by Gasteiger charge is 2.45. The van der Waals surface area contributed by atoms with Gasteiger partial charge in [-0.25, -0.2) is 0 Å². The van der Waals surface area contributed by atoms with Gasteiger partial charge in [-0.05, 0) is 54.3 Å². The molecule has 0 saturated heterocycles. The van der Waals surface area contributed by atoms with Gasteiger partial charge in [0.05, 0.1) is 0 Å². The van der Waals surface area contributed by atoms with E-state index < -0.39 is 0 Å². The average Bonchev–Trinajstić information content (AvgIpc) is 3.10. The summed E-state index contributed by atoms with van der Waals surface area (Å²) in [6, 6.07) is 13.9. The van der Waals surface area contributed by atoms with Crippen molar-refractivity contribution in [1.29, 1.82) is 0 Å². The Hall–Kier alpha value is -1.18. The number of rotatable bonds is 2. The first-order valence-electron chi connectivity index (χ1n) is 5.93. The van der Waals surface area contributed by atoms with Crippen LogP contribution in [-0.2, 0) is 5.41 Å². The van der Waals surface area contributed by atoms with Gasteiger partial charge in [-0.3, -0.25) is 0 Å². The van der Waals surface area contributed by atoms with Gasteiger partial charge in [0.25, 0.3) is 0 Å². The third-order valence-electron chi connectivity index (χ3n) is 3.62. The molecule has 1 aliphatic rings. The molecule has 2 aromatic rings. The van der Waals surface area contributed by atoms with E-state index in [0.29, 0.717) is 5.02 Å². The van der Waals surface area contributed by atoms with E-state index in [0.717, 1.165) is 23.6 Å². The second kappa shape index (κ2) is 4.18. The third kappa shape index (κ3) is 1.98. The van der Waals surface area contributed by atoms with Crippen LogP contribution in [0, 0.1) is 0 Å². The van der Waals surface area contributed by atoms with Crippen LogP contribution in [0.3, 0.4) is 0 Å². The summed E-state index contributed by atoms with van der Waals surface area (Å²) in [6.07, 6.45) is 2.27. The molecule has 1 aliphatic carbocycles. The SMILES string of the molecule is Nc1cc(Cl)cc(C2(c3ccc(Cl)cc3)CC2)c1. The van der Waals surface area contributed by atoms with E-state index in [1.165, 1.54) is 11.1 Å². The van der Waals surface area contributed by atoms with Gasteiger partial charge in [0.1, 0.15) is 0 Å². The van der Waals surface area contributed by atoms with Crippen LogP contribution < -0.4 is 5.73 Å². The predicted octanol–water partition coefficient (Wildman–Crippen LogP) is 4.66. The molecule has 18 heavy (non-hydrogen) atoms. The molecule has 92 valence electrons. The van der Waals surface area contributed by atoms with Crippen LogP contribution >= 0.6 is 23.2 Å². The van der Waals surface area contributed by atoms with E-state index in [9.17, 15) is 0 Å². The summed E-state index contributed by atoms with van der Waals surface area (Å²) in [4.78, 5) is 0. The van der Waals surface area contributed by atoms with Crippen molar-refractivity contribution in [3.8, 4) is 0 Å². The molecule has 0 heterocycles. The second-order valence-electron chi connectivity index (χ2n) is 4.86. The number of hydrogen-bond donors (Lipinski definition) is 1. The van der Waals surface area contributed by atoms with Crippen molar-refractivity contribution in [3.63, 3.8) is 0 Å². The largest absolute Gasteiger partial charge is 0.399 e. The van der Waals surface area contributed by atoms with Gasteiger partial charge in [-0.15, -0.1) is 0 Å². The van der Waals surface area contributed by atoms with Crippen molar-refractivity contribution in [2.75, 3.05) is 5.73 Å². The fourth-order valence-electron chi connectivity index (χ4n) is 2.53. The van der Waals surface area contributed by atoms with Crippen LogP contribution in [0.15, 0.2) is 42.5 Å². The number of nitrogen functional groups attached to an aromatic ring is 1. The molecule has 0 bridgehead atoms. The number of anilines is 1. The first-order chi connectivity index (χ1) is 8.60. The van der Waals surface area contributed by atoms with Crippen LogP contribution in [0.2, 0.25) is 10.0 Å². The third-order valence-corrected chi connectivity index (χ3v) is 4.09. The Labute approximate surface area is 117 Å². The van der Waals surface area contributed by atoms with Crippen molar-refractivity contribution in [3.05, 3.63) is 63.6 Å². The molecule has 1 fully saturated rings. The highest BCUT2D eigenvalue weighted by molar-refractivity contribution is 6.31. The quantitative estimate of drug-likeness (QED) is 0.795. The Bertz CT molecular complexity index is 566. The van der Waals surface area contributed by atoms with Gasteiger partial charge < -0.3 is 5.73 Å². The maximum Gasteiger partial charge on any atom is 0.0429 e. The standard InChI is InChI=1S/C15H13Cl2N/c16-12-3-1-10(2-4-12)15(5-6-15)11-7-13(17)9-14(18)8-11/h1-4,7-9H,5-6,18H2. The Morgan fingerprint density at radius 3 is 2.06 bits per heavy atom. The molecule has 0 unspecified atom stereocenters. The minimum atomic E-state index is 0.0869. The van der Waals surface area contributed by atoms with E-state index in [4.69, 9.17) is 28.9 Å². The normalized spacial score (nSPS) is 16.6. The summed E-state index contributed by atoms with van der Waals surface area (Å²) in [6.45, 7) is 0. The van der Waals surface area contributed by atoms with E-state index in [1.54, 1.807) is 6.07 Å². The van der Waals surface area contributed by atoms with Crippen LogP contribution in [0.5, 0.6) is 0 Å². The van der Waals surface area contributed by atoms with Crippen molar-refractivity contribution in [2.45, 2.75) is 18.3 Å². The highest BCUT2D eigenvalue weighted by Crippen LogP contribution is 2.54. The molecular weight excluding hydrogens is 265 g/mol.